The van der Waals surface area contributed by atoms with Crippen molar-refractivity contribution in [2.45, 2.75) is 0 Å². The van der Waals surface area contributed by atoms with Crippen LogP contribution in [-0.2, 0) is 33.3 Å². The summed E-state index contributed by atoms with van der Waals surface area (Å²) in [6, 6.07) is 0. The minimum absolute atomic E-state index is 0. The fourth-order valence-corrected chi connectivity index (χ4v) is 0. The molecule has 0 aliphatic rings. The van der Waals surface area contributed by atoms with E-state index < -0.39 is 0 Å². The topological polar surface area (TPSA) is 31.5 Å². The molecule has 0 bridgehead atoms. The van der Waals surface area contributed by atoms with Gasteiger partial charge in [0, 0.05) is 75.0 Å². The molecule has 4 heavy (non-hydrogen) atoms. The van der Waals surface area contributed by atoms with E-state index in [1.54, 1.807) is 0 Å². The molecule has 0 aromatic heterocycles. The van der Waals surface area contributed by atoms with Crippen LogP contribution in [0.4, 0.5) is 0 Å². The van der Waals surface area contributed by atoms with Gasteiger partial charge in [0.1, 0.15) is 0 Å². The summed E-state index contributed by atoms with van der Waals surface area (Å²) in [5, 5.41) is 0. The molecule has 0 atom stereocenters. The second-order valence-corrected chi connectivity index (χ2v) is 0. The van der Waals surface area contributed by atoms with Crippen molar-refractivity contribution in [3.63, 3.8) is 0 Å². The van der Waals surface area contributed by atoms with Crippen LogP contribution in [0.5, 0.6) is 0 Å². The fraction of sp³-hybridized carbons (Fsp3) is 0. The summed E-state index contributed by atoms with van der Waals surface area (Å²) in [4.78, 5) is 0. The summed E-state index contributed by atoms with van der Waals surface area (Å²) in [5.41, 5.74) is 0. The van der Waals surface area contributed by atoms with Crippen LogP contribution < -0.4 is 0 Å². The Bertz CT molecular complexity index is 8.00. The van der Waals surface area contributed by atoms with Crippen LogP contribution in [0.3, 0.4) is 0 Å². The van der Waals surface area contributed by atoms with Gasteiger partial charge in [0.25, 0.3) is 0 Å². The monoisotopic (exact) mass is 275 g/mol. The van der Waals surface area contributed by atoms with E-state index in [1.165, 1.54) is 0 Å². The molecule has 1 radical (unpaired) electrons. The van der Waals surface area contributed by atoms with Gasteiger partial charge in [0.05, 0.1) is 0 Å². The molecular formula is H2CeCoNiO. The van der Waals surface area contributed by atoms with Crippen molar-refractivity contribution >= 4 is 0 Å². The molecule has 0 saturated carbocycles. The maximum atomic E-state index is 0. The van der Waals surface area contributed by atoms with Crippen LogP contribution in [0.25, 0.3) is 0 Å². The molecule has 0 fully saturated rings. The van der Waals surface area contributed by atoms with Gasteiger partial charge in [0.15, 0.2) is 0 Å². The average Bonchev–Trinajstić information content (AvgIpc) is 0. The van der Waals surface area contributed by atoms with Gasteiger partial charge in [-0.05, 0) is 0 Å². The van der Waals surface area contributed by atoms with Crippen LogP contribution in [0.1, 0.15) is 0 Å². The molecule has 0 heterocycles. The minimum atomic E-state index is 0. The number of hydrogen-bond acceptors (Lipinski definition) is 0. The van der Waals surface area contributed by atoms with Crippen molar-refractivity contribution < 1.29 is 80.5 Å². The van der Waals surface area contributed by atoms with Crippen molar-refractivity contribution in [3.05, 3.63) is 0 Å². The maximum absolute atomic E-state index is 0. The standard InChI is InChI=1S/Ce.Co.Ni.H2O/h;;;1H2. The molecule has 0 saturated heterocycles. The Hall–Kier alpha value is 2.34. The Kier molecular flexibility index (Phi) is 152. The Morgan fingerprint density at radius 2 is 1.00 bits per heavy atom. The summed E-state index contributed by atoms with van der Waals surface area (Å²) < 4.78 is 0. The third-order valence-corrected chi connectivity index (χ3v) is 0. The Morgan fingerprint density at radius 1 is 1.00 bits per heavy atom. The van der Waals surface area contributed by atoms with E-state index in [2.05, 4.69) is 0 Å². The molecule has 31 valence electrons. The fourth-order valence-electron chi connectivity index (χ4n) is 0. The van der Waals surface area contributed by atoms with Gasteiger partial charge in [-0.15, -0.1) is 0 Å². The van der Waals surface area contributed by atoms with E-state index in [1.807, 2.05) is 0 Å². The molecule has 0 rings (SSSR count). The van der Waals surface area contributed by atoms with Gasteiger partial charge in [-0.2, -0.15) is 0 Å². The summed E-state index contributed by atoms with van der Waals surface area (Å²) in [5.74, 6) is 0. The van der Waals surface area contributed by atoms with Crippen LogP contribution in [0.2, 0.25) is 0 Å². The molecule has 0 unspecified atom stereocenters. The van der Waals surface area contributed by atoms with Crippen LogP contribution in [0.15, 0.2) is 0 Å². The van der Waals surface area contributed by atoms with Crippen LogP contribution in [-0.4, -0.2) is 5.48 Å². The molecule has 4 heteroatoms. The molecular weight excluding hydrogens is 274 g/mol. The van der Waals surface area contributed by atoms with E-state index in [9.17, 15) is 0 Å². The Balaban J connectivity index is 0. The van der Waals surface area contributed by atoms with Gasteiger partial charge in [0.2, 0.25) is 0 Å². The second kappa shape index (κ2) is 18.4. The first kappa shape index (κ1) is 33.1. The van der Waals surface area contributed by atoms with E-state index >= 15 is 0 Å². The van der Waals surface area contributed by atoms with Gasteiger partial charge >= 0.3 is 0 Å². The SMILES string of the molecule is O.[Ce].[Co].[Ni]. The van der Waals surface area contributed by atoms with Crippen molar-refractivity contribution in [3.8, 4) is 0 Å². The largest absolute Gasteiger partial charge is 0.412 e. The molecule has 1 nitrogen and oxygen atoms in total. The first-order valence-electron chi connectivity index (χ1n) is 0. The third kappa shape index (κ3) is 8.84. The zero-order valence-corrected chi connectivity index (χ0v) is 6.82. The van der Waals surface area contributed by atoms with E-state index in [0.717, 1.165) is 0 Å². The summed E-state index contributed by atoms with van der Waals surface area (Å²) >= 11 is 0. The number of hydrogen-bond donors (Lipinski definition) is 0. The summed E-state index contributed by atoms with van der Waals surface area (Å²) in [6.45, 7) is 0. The molecule has 0 amide bonds. The molecule has 0 spiro atoms. The first-order valence-corrected chi connectivity index (χ1v) is 0. The first-order chi connectivity index (χ1) is 0. The van der Waals surface area contributed by atoms with Gasteiger partial charge in [-0.3, -0.25) is 0 Å². The normalized spacial score (nSPS) is 0. The van der Waals surface area contributed by atoms with E-state index in [-0.39, 0.29) is 80.5 Å². The molecule has 2 N–H and O–H groups in total. The minimum Gasteiger partial charge on any atom is -0.412 e. The van der Waals surface area contributed by atoms with Gasteiger partial charge < -0.3 is 5.48 Å². The average molecular weight is 276 g/mol. The van der Waals surface area contributed by atoms with E-state index in [0.29, 0.717) is 0 Å². The molecule has 0 aromatic carbocycles. The van der Waals surface area contributed by atoms with Crippen LogP contribution in [0, 0.1) is 41.7 Å². The van der Waals surface area contributed by atoms with E-state index in [4.69, 9.17) is 0 Å². The van der Waals surface area contributed by atoms with Crippen molar-refractivity contribution in [1.29, 1.82) is 0 Å². The Morgan fingerprint density at radius 3 is 1.00 bits per heavy atom. The van der Waals surface area contributed by atoms with Gasteiger partial charge in [-0.1, -0.05) is 0 Å². The maximum Gasteiger partial charge on any atom is 0 e. The van der Waals surface area contributed by atoms with Crippen molar-refractivity contribution in [2.24, 2.45) is 0 Å². The zero-order valence-electron chi connectivity index (χ0n) is 1.65. The van der Waals surface area contributed by atoms with Crippen LogP contribution >= 0.6 is 0 Å². The van der Waals surface area contributed by atoms with Crippen molar-refractivity contribution in [1.82, 2.24) is 0 Å². The number of rotatable bonds is 0. The predicted octanol–water partition coefficient (Wildman–Crippen LogP) is -0.830. The summed E-state index contributed by atoms with van der Waals surface area (Å²) in [6.07, 6.45) is 0. The second-order valence-electron chi connectivity index (χ2n) is 0. The smallest absolute Gasteiger partial charge is 0 e. The molecule has 0 aromatic rings. The molecule has 0 aliphatic heterocycles. The van der Waals surface area contributed by atoms with Crippen molar-refractivity contribution in [2.75, 3.05) is 0 Å². The quantitative estimate of drug-likeness (QED) is 0.517. The molecule has 0 aliphatic carbocycles. The predicted molar refractivity (Wildman–Crippen MR) is 3.61 cm³/mol. The summed E-state index contributed by atoms with van der Waals surface area (Å²) in [7, 11) is 0. The third-order valence-electron chi connectivity index (χ3n) is 0. The van der Waals surface area contributed by atoms with Gasteiger partial charge in [-0.25, -0.2) is 0 Å². The Labute approximate surface area is 79.1 Å². The zero-order chi connectivity index (χ0) is 0.